The number of nitrogens with zero attached hydrogens (tertiary/aromatic N) is 1. The number of nitrogens with one attached hydrogen (secondary N) is 1. The summed E-state index contributed by atoms with van der Waals surface area (Å²) >= 11 is 6.09. The van der Waals surface area contributed by atoms with Crippen molar-refractivity contribution in [3.8, 4) is 0 Å². The monoisotopic (exact) mass is 250 g/mol. The first-order valence-electron chi connectivity index (χ1n) is 6.58. The molecule has 2 nitrogen and oxygen atoms in total. The van der Waals surface area contributed by atoms with Crippen molar-refractivity contribution >= 4 is 11.6 Å². The van der Waals surface area contributed by atoms with Gasteiger partial charge < -0.3 is 5.32 Å². The van der Waals surface area contributed by atoms with Gasteiger partial charge in [0.2, 0.25) is 0 Å². The summed E-state index contributed by atoms with van der Waals surface area (Å²) in [6, 6.07) is 7.06. The molecule has 1 unspecified atom stereocenters. The Morgan fingerprint density at radius 2 is 2.06 bits per heavy atom. The van der Waals surface area contributed by atoms with Crippen LogP contribution in [0.3, 0.4) is 0 Å². The third-order valence-electron chi connectivity index (χ3n) is 3.98. The summed E-state index contributed by atoms with van der Waals surface area (Å²) in [6.45, 7) is 4.60. The van der Waals surface area contributed by atoms with Crippen LogP contribution in [0.25, 0.3) is 0 Å². The maximum Gasteiger partial charge on any atom is 0.0408 e. The molecule has 92 valence electrons. The van der Waals surface area contributed by atoms with E-state index in [2.05, 4.69) is 22.3 Å². The van der Waals surface area contributed by atoms with Crippen LogP contribution in [0.1, 0.15) is 30.0 Å². The van der Waals surface area contributed by atoms with Crippen LogP contribution >= 0.6 is 11.6 Å². The fourth-order valence-corrected chi connectivity index (χ4v) is 3.33. The van der Waals surface area contributed by atoms with Gasteiger partial charge in [-0.25, -0.2) is 0 Å². The van der Waals surface area contributed by atoms with Crippen LogP contribution in [0.2, 0.25) is 5.02 Å². The highest BCUT2D eigenvalue weighted by Crippen LogP contribution is 2.35. The van der Waals surface area contributed by atoms with Crippen molar-refractivity contribution in [2.75, 3.05) is 26.2 Å². The van der Waals surface area contributed by atoms with Gasteiger partial charge in [-0.3, -0.25) is 4.90 Å². The second-order valence-corrected chi connectivity index (χ2v) is 5.47. The number of rotatable bonds is 1. The number of halogens is 1. The quantitative estimate of drug-likeness (QED) is 0.824. The molecular weight excluding hydrogens is 232 g/mol. The molecule has 1 aliphatic heterocycles. The summed E-state index contributed by atoms with van der Waals surface area (Å²) < 4.78 is 0. The molecule has 0 bridgehead atoms. The first-order chi connectivity index (χ1) is 8.34. The van der Waals surface area contributed by atoms with Crippen LogP contribution in [0.5, 0.6) is 0 Å². The first-order valence-corrected chi connectivity index (χ1v) is 6.95. The lowest BCUT2D eigenvalue weighted by Gasteiger charge is -2.38. The van der Waals surface area contributed by atoms with E-state index in [9.17, 15) is 0 Å². The van der Waals surface area contributed by atoms with E-state index in [1.807, 2.05) is 6.07 Å². The van der Waals surface area contributed by atoms with Crippen molar-refractivity contribution in [1.29, 1.82) is 0 Å². The van der Waals surface area contributed by atoms with Gasteiger partial charge >= 0.3 is 0 Å². The molecule has 3 heteroatoms. The highest BCUT2D eigenvalue weighted by Gasteiger charge is 2.26. The van der Waals surface area contributed by atoms with Crippen LogP contribution in [-0.4, -0.2) is 31.1 Å². The Labute approximate surface area is 108 Å². The Bertz CT molecular complexity index is 399. The van der Waals surface area contributed by atoms with Crippen molar-refractivity contribution in [3.63, 3.8) is 0 Å². The van der Waals surface area contributed by atoms with Gasteiger partial charge in [-0.1, -0.05) is 17.7 Å². The summed E-state index contributed by atoms with van der Waals surface area (Å²) in [5, 5.41) is 4.30. The maximum absolute atomic E-state index is 6.09. The van der Waals surface area contributed by atoms with E-state index < -0.39 is 0 Å². The van der Waals surface area contributed by atoms with Gasteiger partial charge in [0.1, 0.15) is 0 Å². The Morgan fingerprint density at radius 1 is 1.24 bits per heavy atom. The molecule has 1 saturated heterocycles. The van der Waals surface area contributed by atoms with Crippen molar-refractivity contribution in [2.24, 2.45) is 0 Å². The van der Waals surface area contributed by atoms with Crippen molar-refractivity contribution < 1.29 is 0 Å². The Kier molecular flexibility index (Phi) is 3.37. The van der Waals surface area contributed by atoms with E-state index in [1.165, 1.54) is 43.5 Å². The lowest BCUT2D eigenvalue weighted by molar-refractivity contribution is 0.158. The topological polar surface area (TPSA) is 15.3 Å². The largest absolute Gasteiger partial charge is 0.314 e. The second kappa shape index (κ2) is 4.97. The predicted molar refractivity (Wildman–Crippen MR) is 71.6 cm³/mol. The van der Waals surface area contributed by atoms with Crippen LogP contribution < -0.4 is 5.32 Å². The molecule has 0 aromatic heterocycles. The van der Waals surface area contributed by atoms with E-state index in [0.717, 1.165) is 18.1 Å². The van der Waals surface area contributed by atoms with E-state index in [4.69, 9.17) is 11.6 Å². The van der Waals surface area contributed by atoms with E-state index in [0.29, 0.717) is 6.04 Å². The van der Waals surface area contributed by atoms with Gasteiger partial charge in [0, 0.05) is 37.2 Å². The lowest BCUT2D eigenvalue weighted by Crippen LogP contribution is -2.45. The third kappa shape index (κ3) is 2.35. The molecule has 0 spiro atoms. The molecule has 2 aliphatic rings. The summed E-state index contributed by atoms with van der Waals surface area (Å²) in [4.78, 5) is 2.63. The van der Waals surface area contributed by atoms with Gasteiger partial charge in [-0.05, 0) is 42.5 Å². The Hall–Kier alpha value is -0.570. The number of hydrogen-bond acceptors (Lipinski definition) is 2. The highest BCUT2D eigenvalue weighted by molar-refractivity contribution is 6.30. The fraction of sp³-hybridized carbons (Fsp3) is 0.571. The van der Waals surface area contributed by atoms with Gasteiger partial charge in [0.25, 0.3) is 0 Å². The first kappa shape index (κ1) is 11.5. The SMILES string of the molecule is Clc1ccc2c(c1)CCCC2N1CCNCC1. The molecular formula is C14H19ClN2. The molecule has 1 fully saturated rings. The average molecular weight is 251 g/mol. The predicted octanol–water partition coefficient (Wildman–Crippen LogP) is 2.62. The van der Waals surface area contributed by atoms with E-state index in [1.54, 1.807) is 0 Å². The van der Waals surface area contributed by atoms with Crippen molar-refractivity contribution in [2.45, 2.75) is 25.3 Å². The standard InChI is InChI=1S/C14H19ClN2/c15-12-4-5-13-11(10-12)2-1-3-14(13)17-8-6-16-7-9-17/h4-5,10,14,16H,1-3,6-9H2. The Balaban J connectivity index is 1.88. The molecule has 1 atom stereocenters. The summed E-state index contributed by atoms with van der Waals surface area (Å²) in [6.07, 6.45) is 3.79. The van der Waals surface area contributed by atoms with Crippen molar-refractivity contribution in [1.82, 2.24) is 10.2 Å². The van der Waals surface area contributed by atoms with Crippen LogP contribution in [0, 0.1) is 0 Å². The highest BCUT2D eigenvalue weighted by atomic mass is 35.5. The molecule has 3 rings (SSSR count). The van der Waals surface area contributed by atoms with Gasteiger partial charge in [0.05, 0.1) is 0 Å². The van der Waals surface area contributed by atoms with Crippen LogP contribution in [-0.2, 0) is 6.42 Å². The molecule has 1 N–H and O–H groups in total. The zero-order valence-corrected chi connectivity index (χ0v) is 10.8. The summed E-state index contributed by atoms with van der Waals surface area (Å²) in [5.41, 5.74) is 2.98. The molecule has 1 aromatic rings. The smallest absolute Gasteiger partial charge is 0.0408 e. The molecule has 1 heterocycles. The minimum atomic E-state index is 0.623. The second-order valence-electron chi connectivity index (χ2n) is 5.04. The third-order valence-corrected chi connectivity index (χ3v) is 4.22. The number of benzene rings is 1. The van der Waals surface area contributed by atoms with Crippen LogP contribution in [0.15, 0.2) is 18.2 Å². The summed E-state index contributed by atoms with van der Waals surface area (Å²) in [5.74, 6) is 0. The number of piperazine rings is 1. The lowest BCUT2D eigenvalue weighted by atomic mass is 9.86. The molecule has 0 amide bonds. The van der Waals surface area contributed by atoms with Gasteiger partial charge in [-0.2, -0.15) is 0 Å². The molecule has 0 radical (unpaired) electrons. The minimum absolute atomic E-state index is 0.623. The average Bonchev–Trinajstić information content (AvgIpc) is 2.39. The number of hydrogen-bond donors (Lipinski definition) is 1. The summed E-state index contributed by atoms with van der Waals surface area (Å²) in [7, 11) is 0. The maximum atomic E-state index is 6.09. The zero-order valence-electron chi connectivity index (χ0n) is 10.1. The number of fused-ring (bicyclic) bond motifs is 1. The molecule has 17 heavy (non-hydrogen) atoms. The molecule has 1 aliphatic carbocycles. The fourth-order valence-electron chi connectivity index (χ4n) is 3.13. The molecule has 0 saturated carbocycles. The van der Waals surface area contributed by atoms with Gasteiger partial charge in [0.15, 0.2) is 0 Å². The Morgan fingerprint density at radius 3 is 2.88 bits per heavy atom. The van der Waals surface area contributed by atoms with Gasteiger partial charge in [-0.15, -0.1) is 0 Å². The normalized spacial score (nSPS) is 25.6. The van der Waals surface area contributed by atoms with E-state index in [-0.39, 0.29) is 0 Å². The number of aryl methyl sites for hydroxylation is 1. The zero-order chi connectivity index (χ0) is 11.7. The van der Waals surface area contributed by atoms with E-state index >= 15 is 0 Å². The van der Waals surface area contributed by atoms with Crippen molar-refractivity contribution in [3.05, 3.63) is 34.3 Å². The minimum Gasteiger partial charge on any atom is -0.314 e. The van der Waals surface area contributed by atoms with Crippen LogP contribution in [0.4, 0.5) is 0 Å². The molecule has 1 aromatic carbocycles.